The third-order valence-corrected chi connectivity index (χ3v) is 2.94. The van der Waals surface area contributed by atoms with Crippen molar-refractivity contribution < 1.29 is 0 Å². The summed E-state index contributed by atoms with van der Waals surface area (Å²) >= 11 is 0. The van der Waals surface area contributed by atoms with Crippen LogP contribution in [0.5, 0.6) is 0 Å². The van der Waals surface area contributed by atoms with Crippen molar-refractivity contribution in [2.75, 3.05) is 11.9 Å². The van der Waals surface area contributed by atoms with E-state index >= 15 is 0 Å². The standard InChI is InChI=1S/C13H20N6/c1-5-6-11-15-10(2)7-12(16-11)18(3)8-13-17-14-9-19(13)4/h7,9H,5-6,8H2,1-4H3. The minimum absolute atomic E-state index is 0.679. The zero-order chi connectivity index (χ0) is 13.8. The average Bonchev–Trinajstić information content (AvgIpc) is 2.75. The first-order chi connectivity index (χ1) is 9.10. The second kappa shape index (κ2) is 5.77. The van der Waals surface area contributed by atoms with E-state index in [1.165, 1.54) is 0 Å². The number of nitrogens with zero attached hydrogens (tertiary/aromatic N) is 6. The summed E-state index contributed by atoms with van der Waals surface area (Å²) in [5.41, 5.74) is 0.998. The number of aromatic nitrogens is 5. The van der Waals surface area contributed by atoms with Crippen molar-refractivity contribution in [2.24, 2.45) is 7.05 Å². The maximum absolute atomic E-state index is 4.59. The van der Waals surface area contributed by atoms with Gasteiger partial charge in [-0.3, -0.25) is 0 Å². The van der Waals surface area contributed by atoms with Gasteiger partial charge < -0.3 is 9.47 Å². The van der Waals surface area contributed by atoms with E-state index in [0.717, 1.165) is 36.0 Å². The molecule has 2 rings (SSSR count). The Hall–Kier alpha value is -1.98. The van der Waals surface area contributed by atoms with Crippen LogP contribution >= 0.6 is 0 Å². The molecule has 19 heavy (non-hydrogen) atoms. The molecule has 0 spiro atoms. The maximum atomic E-state index is 4.59. The molecule has 0 aliphatic carbocycles. The van der Waals surface area contributed by atoms with Crippen molar-refractivity contribution in [1.82, 2.24) is 24.7 Å². The molecule has 2 aromatic heterocycles. The SMILES string of the molecule is CCCc1nc(C)cc(N(C)Cc2nncn2C)n1. The van der Waals surface area contributed by atoms with Gasteiger partial charge >= 0.3 is 0 Å². The number of aryl methyl sites for hydroxylation is 3. The van der Waals surface area contributed by atoms with Gasteiger partial charge in [-0.15, -0.1) is 10.2 Å². The molecule has 2 aromatic rings. The first-order valence-electron chi connectivity index (χ1n) is 6.48. The Bertz CT molecular complexity index is 548. The van der Waals surface area contributed by atoms with Crippen molar-refractivity contribution in [3.63, 3.8) is 0 Å². The van der Waals surface area contributed by atoms with Gasteiger partial charge in [0.1, 0.15) is 18.0 Å². The molecule has 0 fully saturated rings. The van der Waals surface area contributed by atoms with Crippen LogP contribution in [0.1, 0.15) is 30.7 Å². The van der Waals surface area contributed by atoms with E-state index in [1.54, 1.807) is 6.33 Å². The molecule has 0 aromatic carbocycles. The van der Waals surface area contributed by atoms with Crippen molar-refractivity contribution in [3.8, 4) is 0 Å². The quantitative estimate of drug-likeness (QED) is 0.815. The van der Waals surface area contributed by atoms with Gasteiger partial charge in [-0.05, 0) is 13.3 Å². The number of hydrogen-bond acceptors (Lipinski definition) is 5. The van der Waals surface area contributed by atoms with Crippen LogP contribution in [-0.2, 0) is 20.0 Å². The molecule has 2 heterocycles. The number of anilines is 1. The van der Waals surface area contributed by atoms with E-state index in [9.17, 15) is 0 Å². The normalized spacial score (nSPS) is 10.7. The lowest BCUT2D eigenvalue weighted by molar-refractivity contribution is 0.743. The first-order valence-corrected chi connectivity index (χ1v) is 6.48. The fourth-order valence-corrected chi connectivity index (χ4v) is 1.89. The van der Waals surface area contributed by atoms with Crippen LogP contribution in [0.4, 0.5) is 5.82 Å². The smallest absolute Gasteiger partial charge is 0.152 e. The number of hydrogen-bond donors (Lipinski definition) is 0. The van der Waals surface area contributed by atoms with E-state index < -0.39 is 0 Å². The van der Waals surface area contributed by atoms with Crippen LogP contribution < -0.4 is 4.90 Å². The molecule has 0 N–H and O–H groups in total. The molecule has 0 aliphatic heterocycles. The molecule has 0 unspecified atom stereocenters. The summed E-state index contributed by atoms with van der Waals surface area (Å²) in [5.74, 6) is 2.75. The molecule has 6 heteroatoms. The zero-order valence-electron chi connectivity index (χ0n) is 12.0. The summed E-state index contributed by atoms with van der Waals surface area (Å²) in [5, 5.41) is 7.98. The molecule has 6 nitrogen and oxygen atoms in total. The highest BCUT2D eigenvalue weighted by molar-refractivity contribution is 5.38. The number of rotatable bonds is 5. The molecule has 0 aliphatic rings. The second-order valence-electron chi connectivity index (χ2n) is 4.75. The molecular formula is C13H20N6. The van der Waals surface area contributed by atoms with Crippen LogP contribution in [0.25, 0.3) is 0 Å². The Kier molecular flexibility index (Phi) is 4.09. The molecule has 102 valence electrons. The van der Waals surface area contributed by atoms with Crippen LogP contribution in [0.3, 0.4) is 0 Å². The van der Waals surface area contributed by atoms with E-state index in [0.29, 0.717) is 6.54 Å². The zero-order valence-corrected chi connectivity index (χ0v) is 12.0. The predicted octanol–water partition coefficient (Wildman–Crippen LogP) is 1.50. The van der Waals surface area contributed by atoms with Gasteiger partial charge in [0.25, 0.3) is 0 Å². The van der Waals surface area contributed by atoms with E-state index in [2.05, 4.69) is 32.0 Å². The van der Waals surface area contributed by atoms with Gasteiger partial charge in [-0.1, -0.05) is 6.92 Å². The highest BCUT2D eigenvalue weighted by Crippen LogP contribution is 2.13. The lowest BCUT2D eigenvalue weighted by Crippen LogP contribution is -2.21. The molecular weight excluding hydrogens is 240 g/mol. The molecule has 0 amide bonds. The highest BCUT2D eigenvalue weighted by Gasteiger charge is 2.10. The molecule has 0 saturated heterocycles. The Morgan fingerprint density at radius 2 is 2.11 bits per heavy atom. The fraction of sp³-hybridized carbons (Fsp3) is 0.538. The van der Waals surface area contributed by atoms with E-state index in [-0.39, 0.29) is 0 Å². The largest absolute Gasteiger partial charge is 0.352 e. The predicted molar refractivity (Wildman–Crippen MR) is 73.9 cm³/mol. The van der Waals surface area contributed by atoms with Gasteiger partial charge in [-0.25, -0.2) is 9.97 Å². The molecule has 0 radical (unpaired) electrons. The summed E-state index contributed by atoms with van der Waals surface area (Å²) in [4.78, 5) is 11.1. The van der Waals surface area contributed by atoms with Gasteiger partial charge in [0.05, 0.1) is 6.54 Å². The van der Waals surface area contributed by atoms with Crippen LogP contribution in [0, 0.1) is 6.92 Å². The minimum atomic E-state index is 0.679. The summed E-state index contributed by atoms with van der Waals surface area (Å²) in [6.07, 6.45) is 3.67. The first kappa shape index (κ1) is 13.5. The summed E-state index contributed by atoms with van der Waals surface area (Å²) in [6.45, 7) is 4.81. The lowest BCUT2D eigenvalue weighted by Gasteiger charge is -2.18. The van der Waals surface area contributed by atoms with E-state index in [1.807, 2.05) is 31.7 Å². The van der Waals surface area contributed by atoms with Crippen molar-refractivity contribution >= 4 is 5.82 Å². The third kappa shape index (κ3) is 3.27. The molecule has 0 bridgehead atoms. The van der Waals surface area contributed by atoms with Gasteiger partial charge in [0, 0.05) is 32.3 Å². The summed E-state index contributed by atoms with van der Waals surface area (Å²) in [7, 11) is 3.95. The minimum Gasteiger partial charge on any atom is -0.352 e. The Morgan fingerprint density at radius 1 is 1.32 bits per heavy atom. The summed E-state index contributed by atoms with van der Waals surface area (Å²) in [6, 6.07) is 2.00. The monoisotopic (exact) mass is 260 g/mol. The topological polar surface area (TPSA) is 59.7 Å². The average molecular weight is 260 g/mol. The van der Waals surface area contributed by atoms with Crippen molar-refractivity contribution in [3.05, 3.63) is 29.7 Å². The van der Waals surface area contributed by atoms with Crippen LogP contribution in [0.2, 0.25) is 0 Å². The third-order valence-electron chi connectivity index (χ3n) is 2.94. The van der Waals surface area contributed by atoms with Crippen molar-refractivity contribution in [1.29, 1.82) is 0 Å². The Morgan fingerprint density at radius 3 is 2.74 bits per heavy atom. The van der Waals surface area contributed by atoms with Crippen LogP contribution in [-0.4, -0.2) is 31.8 Å². The Labute approximate surface area is 113 Å². The summed E-state index contributed by atoms with van der Waals surface area (Å²) < 4.78 is 1.91. The Balaban J connectivity index is 2.18. The lowest BCUT2D eigenvalue weighted by atomic mass is 10.3. The van der Waals surface area contributed by atoms with Crippen molar-refractivity contribution in [2.45, 2.75) is 33.2 Å². The van der Waals surface area contributed by atoms with Gasteiger partial charge in [0.15, 0.2) is 5.82 Å². The molecule has 0 saturated carbocycles. The molecule has 0 atom stereocenters. The van der Waals surface area contributed by atoms with E-state index in [4.69, 9.17) is 0 Å². The second-order valence-corrected chi connectivity index (χ2v) is 4.75. The highest BCUT2D eigenvalue weighted by atomic mass is 15.3. The van der Waals surface area contributed by atoms with Gasteiger partial charge in [0.2, 0.25) is 0 Å². The van der Waals surface area contributed by atoms with Crippen LogP contribution in [0.15, 0.2) is 12.4 Å². The van der Waals surface area contributed by atoms with Gasteiger partial charge in [-0.2, -0.15) is 0 Å². The maximum Gasteiger partial charge on any atom is 0.152 e. The fourth-order valence-electron chi connectivity index (χ4n) is 1.89.